The van der Waals surface area contributed by atoms with Gasteiger partial charge in [-0.2, -0.15) is 5.10 Å². The number of benzene rings is 1. The zero-order chi connectivity index (χ0) is 15.5. The lowest BCUT2D eigenvalue weighted by Crippen LogP contribution is -2.23. The molecule has 3 rings (SSSR count). The maximum absolute atomic E-state index is 13.2. The first-order valence-corrected chi connectivity index (χ1v) is 6.94. The van der Waals surface area contributed by atoms with Crippen LogP contribution in [0.15, 0.2) is 42.9 Å². The molecule has 6 nitrogen and oxygen atoms in total. The van der Waals surface area contributed by atoms with E-state index in [0.29, 0.717) is 6.54 Å². The topological polar surface area (TPSA) is 60.6 Å². The van der Waals surface area contributed by atoms with Crippen LogP contribution in [0, 0.1) is 5.82 Å². The SMILES string of the molecule is Cn1cc(C(NCc2cnnn2C)c2ccc(F)cc2)cn1. The van der Waals surface area contributed by atoms with Crippen LogP contribution < -0.4 is 5.32 Å². The van der Waals surface area contributed by atoms with Crippen molar-refractivity contribution in [3.63, 3.8) is 0 Å². The summed E-state index contributed by atoms with van der Waals surface area (Å²) in [7, 11) is 3.72. The summed E-state index contributed by atoms with van der Waals surface area (Å²) in [6.07, 6.45) is 5.48. The summed E-state index contributed by atoms with van der Waals surface area (Å²) in [5.74, 6) is -0.246. The molecule has 0 radical (unpaired) electrons. The van der Waals surface area contributed by atoms with Gasteiger partial charge in [-0.3, -0.25) is 9.36 Å². The Balaban J connectivity index is 1.86. The van der Waals surface area contributed by atoms with Gasteiger partial charge >= 0.3 is 0 Å². The van der Waals surface area contributed by atoms with Gasteiger partial charge in [-0.1, -0.05) is 17.3 Å². The molecular weight excluding hydrogens is 283 g/mol. The Labute approximate surface area is 127 Å². The van der Waals surface area contributed by atoms with Crippen molar-refractivity contribution in [1.82, 2.24) is 30.1 Å². The van der Waals surface area contributed by atoms with E-state index in [1.807, 2.05) is 26.5 Å². The molecule has 0 amide bonds. The number of hydrogen-bond donors (Lipinski definition) is 1. The predicted octanol–water partition coefficient (Wildman–Crippen LogP) is 1.57. The monoisotopic (exact) mass is 300 g/mol. The number of nitrogens with one attached hydrogen (secondary N) is 1. The molecule has 3 aromatic rings. The Hall–Kier alpha value is -2.54. The highest BCUT2D eigenvalue weighted by atomic mass is 19.1. The molecule has 1 aromatic carbocycles. The molecule has 0 saturated heterocycles. The average molecular weight is 300 g/mol. The van der Waals surface area contributed by atoms with E-state index in [1.165, 1.54) is 12.1 Å². The van der Waals surface area contributed by atoms with Gasteiger partial charge in [0.1, 0.15) is 5.82 Å². The molecule has 22 heavy (non-hydrogen) atoms. The van der Waals surface area contributed by atoms with Crippen LogP contribution >= 0.6 is 0 Å². The summed E-state index contributed by atoms with van der Waals surface area (Å²) in [5.41, 5.74) is 2.96. The van der Waals surface area contributed by atoms with Gasteiger partial charge in [-0.25, -0.2) is 4.39 Å². The molecule has 2 heterocycles. The molecule has 0 aliphatic heterocycles. The number of aryl methyl sites for hydroxylation is 2. The minimum absolute atomic E-state index is 0.0794. The largest absolute Gasteiger partial charge is 0.300 e. The first-order valence-electron chi connectivity index (χ1n) is 6.94. The number of halogens is 1. The summed E-state index contributed by atoms with van der Waals surface area (Å²) >= 11 is 0. The molecule has 0 aliphatic rings. The lowest BCUT2D eigenvalue weighted by Gasteiger charge is -2.18. The predicted molar refractivity (Wildman–Crippen MR) is 79.3 cm³/mol. The van der Waals surface area contributed by atoms with E-state index in [9.17, 15) is 4.39 Å². The number of hydrogen-bond acceptors (Lipinski definition) is 4. The first-order chi connectivity index (χ1) is 10.6. The van der Waals surface area contributed by atoms with Crippen LogP contribution in [0.1, 0.15) is 22.9 Å². The summed E-state index contributed by atoms with van der Waals surface area (Å²) in [6, 6.07) is 6.41. The third-order valence-corrected chi connectivity index (χ3v) is 3.56. The third-order valence-electron chi connectivity index (χ3n) is 3.56. The Morgan fingerprint density at radius 2 is 1.91 bits per heavy atom. The third kappa shape index (κ3) is 3.04. The molecule has 114 valence electrons. The first kappa shape index (κ1) is 14.4. The van der Waals surface area contributed by atoms with Crippen molar-refractivity contribution in [3.05, 3.63) is 65.5 Å². The smallest absolute Gasteiger partial charge is 0.123 e. The zero-order valence-corrected chi connectivity index (χ0v) is 12.4. The van der Waals surface area contributed by atoms with E-state index in [2.05, 4.69) is 20.7 Å². The van der Waals surface area contributed by atoms with Crippen LogP contribution in [0.5, 0.6) is 0 Å². The average Bonchev–Trinajstić information content (AvgIpc) is 3.10. The molecule has 1 atom stereocenters. The summed E-state index contributed by atoms with van der Waals surface area (Å²) in [6.45, 7) is 0.598. The number of aromatic nitrogens is 5. The van der Waals surface area contributed by atoms with Crippen molar-refractivity contribution in [3.8, 4) is 0 Å². The Kier molecular flexibility index (Phi) is 3.97. The van der Waals surface area contributed by atoms with E-state index in [4.69, 9.17) is 0 Å². The standard InChI is InChI=1S/C15H17FN6/c1-21-10-12(7-19-21)15(11-3-5-13(16)6-4-11)17-8-14-9-18-20-22(14)2/h3-7,9-10,15,17H,8H2,1-2H3. The van der Waals surface area contributed by atoms with Crippen molar-refractivity contribution in [2.24, 2.45) is 14.1 Å². The van der Waals surface area contributed by atoms with Crippen LogP contribution in [-0.4, -0.2) is 24.8 Å². The quantitative estimate of drug-likeness (QED) is 0.777. The molecule has 2 aromatic heterocycles. The fraction of sp³-hybridized carbons (Fsp3) is 0.267. The van der Waals surface area contributed by atoms with E-state index < -0.39 is 0 Å². The fourth-order valence-electron chi connectivity index (χ4n) is 2.35. The lowest BCUT2D eigenvalue weighted by molar-refractivity contribution is 0.566. The van der Waals surface area contributed by atoms with Gasteiger partial charge in [-0.05, 0) is 17.7 Å². The highest BCUT2D eigenvalue weighted by Gasteiger charge is 2.16. The maximum atomic E-state index is 13.2. The zero-order valence-electron chi connectivity index (χ0n) is 12.4. The normalized spacial score (nSPS) is 12.5. The summed E-state index contributed by atoms with van der Waals surface area (Å²) in [4.78, 5) is 0. The number of rotatable bonds is 5. The maximum Gasteiger partial charge on any atom is 0.123 e. The molecular formula is C15H17FN6. The van der Waals surface area contributed by atoms with Crippen molar-refractivity contribution in [2.45, 2.75) is 12.6 Å². The van der Waals surface area contributed by atoms with E-state index >= 15 is 0 Å². The molecule has 7 heteroatoms. The highest BCUT2D eigenvalue weighted by Crippen LogP contribution is 2.22. The molecule has 0 aliphatic carbocycles. The second-order valence-electron chi connectivity index (χ2n) is 5.16. The van der Waals surface area contributed by atoms with Gasteiger partial charge in [0.25, 0.3) is 0 Å². The second kappa shape index (κ2) is 6.07. The molecule has 1 N–H and O–H groups in total. The second-order valence-corrected chi connectivity index (χ2v) is 5.16. The van der Waals surface area contributed by atoms with E-state index in [-0.39, 0.29) is 11.9 Å². The van der Waals surface area contributed by atoms with Crippen LogP contribution in [0.2, 0.25) is 0 Å². The summed E-state index contributed by atoms with van der Waals surface area (Å²) in [5, 5.41) is 15.5. The van der Waals surface area contributed by atoms with Gasteiger partial charge in [0, 0.05) is 32.4 Å². The minimum Gasteiger partial charge on any atom is -0.300 e. The molecule has 0 bridgehead atoms. The molecule has 0 fully saturated rings. The highest BCUT2D eigenvalue weighted by molar-refractivity contribution is 5.29. The molecule has 1 unspecified atom stereocenters. The van der Waals surface area contributed by atoms with Gasteiger partial charge in [-0.15, -0.1) is 5.10 Å². The number of nitrogens with zero attached hydrogens (tertiary/aromatic N) is 5. The van der Waals surface area contributed by atoms with Gasteiger partial charge in [0.05, 0.1) is 24.1 Å². The van der Waals surface area contributed by atoms with Crippen LogP contribution in [0.4, 0.5) is 4.39 Å². The Morgan fingerprint density at radius 1 is 1.14 bits per heavy atom. The lowest BCUT2D eigenvalue weighted by atomic mass is 10.0. The molecule has 0 spiro atoms. The van der Waals surface area contributed by atoms with Crippen molar-refractivity contribution < 1.29 is 4.39 Å². The van der Waals surface area contributed by atoms with Crippen LogP contribution in [0.3, 0.4) is 0 Å². The van der Waals surface area contributed by atoms with E-state index in [1.54, 1.807) is 27.7 Å². The van der Waals surface area contributed by atoms with E-state index in [0.717, 1.165) is 16.8 Å². The van der Waals surface area contributed by atoms with Gasteiger partial charge in [0.2, 0.25) is 0 Å². The van der Waals surface area contributed by atoms with Crippen LogP contribution in [-0.2, 0) is 20.6 Å². The fourth-order valence-corrected chi connectivity index (χ4v) is 2.35. The van der Waals surface area contributed by atoms with Gasteiger partial charge < -0.3 is 5.32 Å². The van der Waals surface area contributed by atoms with Crippen molar-refractivity contribution >= 4 is 0 Å². The Bertz CT molecular complexity index is 745. The summed E-state index contributed by atoms with van der Waals surface area (Å²) < 4.78 is 16.6. The van der Waals surface area contributed by atoms with Crippen LogP contribution in [0.25, 0.3) is 0 Å². The van der Waals surface area contributed by atoms with Crippen molar-refractivity contribution in [1.29, 1.82) is 0 Å². The minimum atomic E-state index is -0.246. The Morgan fingerprint density at radius 3 is 2.50 bits per heavy atom. The van der Waals surface area contributed by atoms with Crippen molar-refractivity contribution in [2.75, 3.05) is 0 Å². The van der Waals surface area contributed by atoms with Gasteiger partial charge in [0.15, 0.2) is 0 Å². The molecule has 0 saturated carbocycles.